The van der Waals surface area contributed by atoms with Gasteiger partial charge >= 0.3 is 5.97 Å². The lowest BCUT2D eigenvalue weighted by molar-refractivity contribution is -0.140. The summed E-state index contributed by atoms with van der Waals surface area (Å²) in [7, 11) is 1.27. The lowest BCUT2D eigenvalue weighted by Crippen LogP contribution is -2.31. The van der Waals surface area contributed by atoms with Crippen LogP contribution in [0.3, 0.4) is 0 Å². The molecule has 1 rings (SSSR count). The molecule has 6 heteroatoms. The van der Waals surface area contributed by atoms with Gasteiger partial charge in [-0.05, 0) is 0 Å². The fourth-order valence-corrected chi connectivity index (χ4v) is 1.35. The molecule has 1 aliphatic heterocycles. The van der Waals surface area contributed by atoms with Gasteiger partial charge in [0, 0.05) is 32.4 Å². The average molecular weight is 238 g/mol. The number of amides is 2. The largest absolute Gasteiger partial charge is 0.469 e. The van der Waals surface area contributed by atoms with E-state index in [0.29, 0.717) is 5.70 Å². The summed E-state index contributed by atoms with van der Waals surface area (Å²) >= 11 is 0. The molecule has 0 spiro atoms. The van der Waals surface area contributed by atoms with Crippen LogP contribution in [-0.4, -0.2) is 34.7 Å². The molecule has 2 amide bonds. The van der Waals surface area contributed by atoms with Gasteiger partial charge in [0.05, 0.1) is 19.2 Å². The van der Waals surface area contributed by atoms with Crippen molar-refractivity contribution in [2.24, 2.45) is 0 Å². The van der Waals surface area contributed by atoms with E-state index in [1.807, 2.05) is 0 Å². The molecule has 0 bridgehead atoms. The molecule has 92 valence electrons. The van der Waals surface area contributed by atoms with Gasteiger partial charge in [-0.25, -0.2) is 0 Å². The topological polar surface area (TPSA) is 66.9 Å². The van der Waals surface area contributed by atoms with Gasteiger partial charge in [0.2, 0.25) is 11.8 Å². The number of carbonyl (C=O) groups excluding carboxylic acids is 3. The number of methoxy groups -OCH3 is 1. The summed E-state index contributed by atoms with van der Waals surface area (Å²) in [5.41, 5.74) is 0.405. The van der Waals surface area contributed by atoms with Crippen LogP contribution in [-0.2, 0) is 19.1 Å². The normalized spacial score (nSPS) is 14.4. The highest BCUT2D eigenvalue weighted by Gasteiger charge is 2.21. The quantitative estimate of drug-likeness (QED) is 0.660. The summed E-state index contributed by atoms with van der Waals surface area (Å²) < 4.78 is 4.53. The van der Waals surface area contributed by atoms with Gasteiger partial charge in [0.15, 0.2) is 0 Å². The zero-order valence-electron chi connectivity index (χ0n) is 9.97. The molecule has 1 heterocycles. The number of esters is 1. The highest BCUT2D eigenvalue weighted by Crippen LogP contribution is 2.17. The number of hydrogen-bond acceptors (Lipinski definition) is 4. The predicted molar refractivity (Wildman–Crippen MR) is 58.9 cm³/mol. The maximum atomic E-state index is 11.3. The molecule has 0 aromatic heterocycles. The minimum atomic E-state index is -0.471. The molecular weight excluding hydrogens is 224 g/mol. The molecule has 0 aromatic rings. The third-order valence-electron chi connectivity index (χ3n) is 2.23. The van der Waals surface area contributed by atoms with Gasteiger partial charge in [0.25, 0.3) is 0 Å². The molecule has 0 aliphatic carbocycles. The fourth-order valence-electron chi connectivity index (χ4n) is 1.35. The summed E-state index contributed by atoms with van der Waals surface area (Å²) in [6.45, 7) is 2.76. The van der Waals surface area contributed by atoms with Gasteiger partial charge in [-0.1, -0.05) is 0 Å². The summed E-state index contributed by atoms with van der Waals surface area (Å²) in [4.78, 5) is 36.3. The zero-order chi connectivity index (χ0) is 13.0. The molecular formula is C11H14N2O4. The van der Waals surface area contributed by atoms with Gasteiger partial charge in [-0.3, -0.25) is 24.2 Å². The third-order valence-corrected chi connectivity index (χ3v) is 2.23. The molecule has 0 saturated carbocycles. The number of hydrogen-bond donors (Lipinski definition) is 0. The Bertz CT molecular complexity index is 412. The Labute approximate surface area is 99.1 Å². The van der Waals surface area contributed by atoms with Crippen molar-refractivity contribution < 1.29 is 19.1 Å². The molecule has 0 saturated heterocycles. The Balaban J connectivity index is 2.94. The van der Waals surface area contributed by atoms with E-state index >= 15 is 0 Å². The second kappa shape index (κ2) is 5.29. The first-order valence-electron chi connectivity index (χ1n) is 5.00. The predicted octanol–water partition coefficient (Wildman–Crippen LogP) is 0.573. The molecule has 0 aromatic carbocycles. The van der Waals surface area contributed by atoms with Crippen LogP contribution in [0.25, 0.3) is 0 Å². The first-order chi connectivity index (χ1) is 7.95. The SMILES string of the molecule is COC(=O)CC1=CN(C(C)=O)C=CN1C(C)=O. The number of rotatable bonds is 2. The van der Waals surface area contributed by atoms with E-state index in [4.69, 9.17) is 0 Å². The minimum absolute atomic E-state index is 0.0653. The number of nitrogens with zero attached hydrogens (tertiary/aromatic N) is 2. The lowest BCUT2D eigenvalue weighted by atomic mass is 10.2. The van der Waals surface area contributed by atoms with Crippen molar-refractivity contribution in [1.82, 2.24) is 9.80 Å². The van der Waals surface area contributed by atoms with Crippen LogP contribution in [0, 0.1) is 0 Å². The van der Waals surface area contributed by atoms with Crippen LogP contribution in [0.15, 0.2) is 24.3 Å². The molecule has 0 atom stereocenters. The Kier molecular flexibility index (Phi) is 4.03. The molecule has 17 heavy (non-hydrogen) atoms. The molecule has 1 aliphatic rings. The summed E-state index contributed by atoms with van der Waals surface area (Å²) in [5.74, 6) is -0.910. The van der Waals surface area contributed by atoms with Crippen molar-refractivity contribution in [3.63, 3.8) is 0 Å². The lowest BCUT2D eigenvalue weighted by Gasteiger charge is -2.26. The van der Waals surface area contributed by atoms with E-state index in [9.17, 15) is 14.4 Å². The maximum Gasteiger partial charge on any atom is 0.311 e. The van der Waals surface area contributed by atoms with Gasteiger partial charge in [-0.15, -0.1) is 0 Å². The van der Waals surface area contributed by atoms with E-state index in [-0.39, 0.29) is 18.2 Å². The van der Waals surface area contributed by atoms with Crippen molar-refractivity contribution in [3.8, 4) is 0 Å². The van der Waals surface area contributed by atoms with E-state index in [1.54, 1.807) is 0 Å². The molecule has 0 N–H and O–H groups in total. The zero-order valence-corrected chi connectivity index (χ0v) is 9.97. The summed E-state index contributed by atoms with van der Waals surface area (Å²) in [6, 6.07) is 0. The van der Waals surface area contributed by atoms with Crippen molar-refractivity contribution in [1.29, 1.82) is 0 Å². The van der Waals surface area contributed by atoms with Crippen LogP contribution in [0.5, 0.6) is 0 Å². The van der Waals surface area contributed by atoms with E-state index in [1.165, 1.54) is 49.4 Å². The fraction of sp³-hybridized carbons (Fsp3) is 0.364. The monoisotopic (exact) mass is 238 g/mol. The van der Waals surface area contributed by atoms with Crippen LogP contribution in [0.2, 0.25) is 0 Å². The maximum absolute atomic E-state index is 11.3. The molecule has 0 fully saturated rings. The van der Waals surface area contributed by atoms with Crippen LogP contribution in [0.1, 0.15) is 20.3 Å². The van der Waals surface area contributed by atoms with Gasteiger partial charge in [0.1, 0.15) is 0 Å². The Morgan fingerprint density at radius 1 is 1.18 bits per heavy atom. The van der Waals surface area contributed by atoms with E-state index in [0.717, 1.165) is 0 Å². The standard InChI is InChI=1S/C11H14N2O4/c1-8(14)12-4-5-13(9(2)15)10(7-12)6-11(16)17-3/h4-5,7H,6H2,1-3H3. The Hall–Kier alpha value is -2.11. The summed E-state index contributed by atoms with van der Waals surface area (Å²) in [5, 5.41) is 0. The number of carbonyl (C=O) groups is 3. The minimum Gasteiger partial charge on any atom is -0.469 e. The van der Waals surface area contributed by atoms with Crippen LogP contribution >= 0.6 is 0 Å². The van der Waals surface area contributed by atoms with E-state index < -0.39 is 5.97 Å². The van der Waals surface area contributed by atoms with Crippen molar-refractivity contribution in [2.75, 3.05) is 7.11 Å². The van der Waals surface area contributed by atoms with Crippen molar-refractivity contribution in [3.05, 3.63) is 24.3 Å². The second-order valence-corrected chi connectivity index (χ2v) is 3.49. The Morgan fingerprint density at radius 3 is 2.29 bits per heavy atom. The third kappa shape index (κ3) is 3.17. The van der Waals surface area contributed by atoms with Crippen molar-refractivity contribution in [2.45, 2.75) is 20.3 Å². The smallest absolute Gasteiger partial charge is 0.311 e. The van der Waals surface area contributed by atoms with E-state index in [2.05, 4.69) is 4.74 Å². The van der Waals surface area contributed by atoms with Crippen LogP contribution in [0.4, 0.5) is 0 Å². The van der Waals surface area contributed by atoms with Gasteiger partial charge in [-0.2, -0.15) is 0 Å². The highest BCUT2D eigenvalue weighted by atomic mass is 16.5. The van der Waals surface area contributed by atoms with Gasteiger partial charge < -0.3 is 4.74 Å². The molecule has 0 radical (unpaired) electrons. The average Bonchev–Trinajstić information content (AvgIpc) is 2.28. The van der Waals surface area contributed by atoms with Crippen LogP contribution < -0.4 is 0 Å². The second-order valence-electron chi connectivity index (χ2n) is 3.49. The summed E-state index contributed by atoms with van der Waals surface area (Å²) in [6.07, 6.45) is 4.29. The molecule has 6 nitrogen and oxygen atoms in total. The Morgan fingerprint density at radius 2 is 1.82 bits per heavy atom. The van der Waals surface area contributed by atoms with Crippen molar-refractivity contribution >= 4 is 17.8 Å². The number of ether oxygens (including phenoxy) is 1. The first kappa shape index (κ1) is 13.0. The first-order valence-corrected chi connectivity index (χ1v) is 5.00. The molecule has 0 unspecified atom stereocenters. The highest BCUT2D eigenvalue weighted by molar-refractivity contribution is 5.82.